The fourth-order valence-corrected chi connectivity index (χ4v) is 2.61. The zero-order valence-electron chi connectivity index (χ0n) is 13.2. The van der Waals surface area contributed by atoms with Gasteiger partial charge in [-0.2, -0.15) is 0 Å². The first-order chi connectivity index (χ1) is 12.0. The van der Waals surface area contributed by atoms with Crippen molar-refractivity contribution >= 4 is 28.4 Å². The zero-order valence-corrected chi connectivity index (χ0v) is 13.9. The number of aromatic amines is 1. The Morgan fingerprint density at radius 2 is 2.12 bits per heavy atom. The van der Waals surface area contributed by atoms with E-state index in [0.717, 1.165) is 6.07 Å². The largest absolute Gasteiger partial charge is 0.493 e. The van der Waals surface area contributed by atoms with E-state index in [9.17, 15) is 9.18 Å². The molecule has 0 unspecified atom stereocenters. The Morgan fingerprint density at radius 1 is 1.32 bits per heavy atom. The number of fused-ring (bicyclic) bond motifs is 1. The number of H-pyrrole nitrogens is 1. The van der Waals surface area contributed by atoms with E-state index in [-0.39, 0.29) is 35.8 Å². The van der Waals surface area contributed by atoms with Gasteiger partial charge in [0.1, 0.15) is 18.1 Å². The molecule has 2 N–H and O–H groups in total. The number of halogens is 2. The Balaban J connectivity index is 2.05. The van der Waals surface area contributed by atoms with Gasteiger partial charge < -0.3 is 19.6 Å². The van der Waals surface area contributed by atoms with Gasteiger partial charge in [0.15, 0.2) is 17.3 Å². The van der Waals surface area contributed by atoms with E-state index in [0.29, 0.717) is 16.1 Å². The Kier molecular flexibility index (Phi) is 4.87. The van der Waals surface area contributed by atoms with Gasteiger partial charge in [0, 0.05) is 29.4 Å². The monoisotopic (exact) mass is 364 g/mol. The summed E-state index contributed by atoms with van der Waals surface area (Å²) in [5.74, 6) is -1.01. The van der Waals surface area contributed by atoms with Gasteiger partial charge in [-0.15, -0.1) is 0 Å². The first kappa shape index (κ1) is 17.2. The number of hydrogen-bond acceptors (Lipinski definition) is 5. The van der Waals surface area contributed by atoms with Gasteiger partial charge in [0.25, 0.3) is 0 Å². The number of pyridine rings is 1. The number of benzene rings is 1. The van der Waals surface area contributed by atoms with Gasteiger partial charge in [-0.1, -0.05) is 11.6 Å². The molecule has 1 aromatic carbocycles. The first-order valence-corrected chi connectivity index (χ1v) is 7.71. The van der Waals surface area contributed by atoms with Crippen LogP contribution in [0.1, 0.15) is 15.9 Å². The SMILES string of the molecule is COc1cc(C(=O)c2c[nH]c3ncc(Cl)cc23)c(F)cc1OCCO. The van der Waals surface area contributed by atoms with Crippen molar-refractivity contribution in [3.05, 3.63) is 52.6 Å². The number of nitrogens with zero attached hydrogens (tertiary/aromatic N) is 1. The molecule has 0 spiro atoms. The molecular formula is C17H14ClFN2O4. The van der Waals surface area contributed by atoms with Crippen LogP contribution in [0.2, 0.25) is 5.02 Å². The van der Waals surface area contributed by atoms with Crippen molar-refractivity contribution in [1.82, 2.24) is 9.97 Å². The summed E-state index contributed by atoms with van der Waals surface area (Å²) < 4.78 is 24.8. The zero-order chi connectivity index (χ0) is 18.0. The number of rotatable bonds is 6. The standard InChI is InChI=1S/C17H14ClFN2O4/c1-24-14-5-11(13(19)6-15(14)25-3-2-22)16(23)12-8-21-17-10(12)4-9(18)7-20-17/h4-8,22H,2-3H2,1H3,(H,20,21). The average molecular weight is 365 g/mol. The Bertz CT molecular complexity index is 942. The van der Waals surface area contributed by atoms with Gasteiger partial charge in [-0.05, 0) is 12.1 Å². The molecule has 8 heteroatoms. The molecule has 0 aliphatic rings. The number of carbonyl (C=O) groups excluding carboxylic acids is 1. The maximum atomic E-state index is 14.4. The molecule has 25 heavy (non-hydrogen) atoms. The molecule has 2 aromatic heterocycles. The van der Waals surface area contributed by atoms with Crippen LogP contribution in [0.15, 0.2) is 30.6 Å². The topological polar surface area (TPSA) is 84.4 Å². The van der Waals surface area contributed by atoms with Crippen molar-refractivity contribution in [2.24, 2.45) is 0 Å². The number of aliphatic hydroxyl groups is 1. The van der Waals surface area contributed by atoms with E-state index in [4.69, 9.17) is 26.2 Å². The van der Waals surface area contributed by atoms with Crippen LogP contribution in [0.3, 0.4) is 0 Å². The van der Waals surface area contributed by atoms with Crippen LogP contribution in [0.4, 0.5) is 4.39 Å². The van der Waals surface area contributed by atoms with Crippen molar-refractivity contribution in [3.8, 4) is 11.5 Å². The van der Waals surface area contributed by atoms with Gasteiger partial charge in [-0.25, -0.2) is 9.37 Å². The van der Waals surface area contributed by atoms with E-state index in [1.165, 1.54) is 25.6 Å². The van der Waals surface area contributed by atoms with Crippen molar-refractivity contribution < 1.29 is 23.8 Å². The predicted molar refractivity (Wildman–Crippen MR) is 90.1 cm³/mol. The maximum Gasteiger partial charge on any atom is 0.198 e. The lowest BCUT2D eigenvalue weighted by molar-refractivity contribution is 0.103. The lowest BCUT2D eigenvalue weighted by Crippen LogP contribution is -2.08. The Hall–Kier alpha value is -2.64. The van der Waals surface area contributed by atoms with E-state index < -0.39 is 11.6 Å². The molecule has 0 saturated carbocycles. The second kappa shape index (κ2) is 7.08. The second-order valence-electron chi connectivity index (χ2n) is 5.14. The summed E-state index contributed by atoms with van der Waals surface area (Å²) in [5, 5.41) is 9.68. The average Bonchev–Trinajstić information content (AvgIpc) is 3.02. The number of aromatic nitrogens is 2. The van der Waals surface area contributed by atoms with Crippen LogP contribution < -0.4 is 9.47 Å². The number of ether oxygens (including phenoxy) is 2. The first-order valence-electron chi connectivity index (χ1n) is 7.33. The molecule has 0 bridgehead atoms. The van der Waals surface area contributed by atoms with Gasteiger partial charge in [0.05, 0.1) is 24.3 Å². The van der Waals surface area contributed by atoms with Crippen LogP contribution in [-0.2, 0) is 0 Å². The molecule has 3 rings (SSSR count). The predicted octanol–water partition coefficient (Wildman–Crippen LogP) is 2.97. The molecule has 0 saturated heterocycles. The third kappa shape index (κ3) is 3.29. The van der Waals surface area contributed by atoms with Gasteiger partial charge in [-0.3, -0.25) is 4.79 Å². The highest BCUT2D eigenvalue weighted by Crippen LogP contribution is 2.32. The normalized spacial score (nSPS) is 10.9. The molecule has 0 fully saturated rings. The minimum absolute atomic E-state index is 0.0181. The Labute approximate surface area is 147 Å². The smallest absolute Gasteiger partial charge is 0.198 e. The van der Waals surface area contributed by atoms with Crippen LogP contribution >= 0.6 is 11.6 Å². The van der Waals surface area contributed by atoms with E-state index in [1.54, 1.807) is 6.07 Å². The molecule has 0 atom stereocenters. The molecule has 0 aliphatic carbocycles. The van der Waals surface area contributed by atoms with Gasteiger partial charge >= 0.3 is 0 Å². The summed E-state index contributed by atoms with van der Waals surface area (Å²) in [7, 11) is 1.38. The number of carbonyl (C=O) groups is 1. The van der Waals surface area contributed by atoms with E-state index in [1.807, 2.05) is 0 Å². The van der Waals surface area contributed by atoms with Crippen LogP contribution in [0, 0.1) is 5.82 Å². The maximum absolute atomic E-state index is 14.4. The quantitative estimate of drug-likeness (QED) is 0.657. The summed E-state index contributed by atoms with van der Waals surface area (Å²) in [6.07, 6.45) is 2.91. The lowest BCUT2D eigenvalue weighted by atomic mass is 10.0. The summed E-state index contributed by atoms with van der Waals surface area (Å²) in [5.41, 5.74) is 0.548. The molecule has 6 nitrogen and oxygen atoms in total. The van der Waals surface area contributed by atoms with Crippen molar-refractivity contribution in [2.75, 3.05) is 20.3 Å². The lowest BCUT2D eigenvalue weighted by Gasteiger charge is -2.12. The number of aliphatic hydroxyl groups excluding tert-OH is 1. The van der Waals surface area contributed by atoms with Crippen molar-refractivity contribution in [1.29, 1.82) is 0 Å². The fraction of sp³-hybridized carbons (Fsp3) is 0.176. The molecule has 130 valence electrons. The van der Waals surface area contributed by atoms with Gasteiger partial charge in [0.2, 0.25) is 0 Å². The third-order valence-electron chi connectivity index (χ3n) is 3.59. The highest BCUT2D eigenvalue weighted by atomic mass is 35.5. The fourth-order valence-electron chi connectivity index (χ4n) is 2.45. The molecule has 3 aromatic rings. The Morgan fingerprint density at radius 3 is 2.84 bits per heavy atom. The van der Waals surface area contributed by atoms with E-state index in [2.05, 4.69) is 9.97 Å². The molecule has 0 aliphatic heterocycles. The number of ketones is 1. The van der Waals surface area contributed by atoms with Crippen LogP contribution in [0.5, 0.6) is 11.5 Å². The second-order valence-corrected chi connectivity index (χ2v) is 5.57. The van der Waals surface area contributed by atoms with Crippen LogP contribution in [-0.4, -0.2) is 41.2 Å². The molecule has 2 heterocycles. The molecule has 0 radical (unpaired) electrons. The van der Waals surface area contributed by atoms with Crippen molar-refractivity contribution in [3.63, 3.8) is 0 Å². The number of nitrogens with one attached hydrogen (secondary N) is 1. The summed E-state index contributed by atoms with van der Waals surface area (Å²) in [6.45, 7) is -0.246. The molecular weight excluding hydrogens is 351 g/mol. The minimum Gasteiger partial charge on any atom is -0.493 e. The number of hydrogen-bond donors (Lipinski definition) is 2. The van der Waals surface area contributed by atoms with E-state index >= 15 is 0 Å². The molecule has 0 amide bonds. The third-order valence-corrected chi connectivity index (χ3v) is 3.80. The summed E-state index contributed by atoms with van der Waals surface area (Å²) in [6, 6.07) is 3.91. The van der Waals surface area contributed by atoms with Crippen molar-refractivity contribution in [2.45, 2.75) is 0 Å². The highest BCUT2D eigenvalue weighted by Gasteiger charge is 2.21. The summed E-state index contributed by atoms with van der Waals surface area (Å²) in [4.78, 5) is 19.7. The number of methoxy groups -OCH3 is 1. The summed E-state index contributed by atoms with van der Waals surface area (Å²) >= 11 is 5.93. The highest BCUT2D eigenvalue weighted by molar-refractivity contribution is 6.31. The minimum atomic E-state index is -0.761. The van der Waals surface area contributed by atoms with Crippen LogP contribution in [0.25, 0.3) is 11.0 Å².